The Morgan fingerprint density at radius 1 is 0.846 bits per heavy atom. The maximum Gasteiger partial charge on any atom is 0.491 e. The quantitative estimate of drug-likeness (QED) is 0.334. The summed E-state index contributed by atoms with van der Waals surface area (Å²) in [4.78, 5) is 14.1. The first-order chi connectivity index (χ1) is 19.0. The first kappa shape index (κ1) is 26.5. The van der Waals surface area contributed by atoms with Crippen molar-refractivity contribution < 1.29 is 23.6 Å². The first-order valence-corrected chi connectivity index (χ1v) is 12.3. The van der Waals surface area contributed by atoms with Crippen LogP contribution in [-0.4, -0.2) is 72.9 Å². The van der Waals surface area contributed by atoms with Crippen molar-refractivity contribution in [3.05, 3.63) is 96.7 Å². The standard InChI is InChI=1S/C22H20FN5O.C5H5BFNO2/c23-19-13-24-8-7-18(19)20-5-6-22-25-14-21(28(22)26-20)17-3-1-16(2-4-17)15-27-9-11-29-12-10-27;7-5-3-8-2-1-4(5)6(9)10/h1-8,13-14H,9-12,15H2;1-3,9-10H. The van der Waals surface area contributed by atoms with Gasteiger partial charge in [-0.05, 0) is 29.8 Å². The summed E-state index contributed by atoms with van der Waals surface area (Å²) in [5.41, 5.74) is 4.67. The fraction of sp³-hybridized carbons (Fsp3) is 0.185. The molecule has 2 N–H and O–H groups in total. The van der Waals surface area contributed by atoms with Crippen molar-refractivity contribution in [2.45, 2.75) is 6.54 Å². The lowest BCUT2D eigenvalue weighted by atomic mass is 9.81. The zero-order valence-corrected chi connectivity index (χ0v) is 20.9. The number of aromatic nitrogens is 5. The van der Waals surface area contributed by atoms with Crippen LogP contribution in [0.3, 0.4) is 0 Å². The number of hydrogen-bond donors (Lipinski definition) is 2. The van der Waals surface area contributed by atoms with E-state index in [1.807, 2.05) is 6.07 Å². The van der Waals surface area contributed by atoms with Crippen LogP contribution < -0.4 is 5.46 Å². The van der Waals surface area contributed by atoms with Crippen molar-refractivity contribution >= 4 is 18.2 Å². The van der Waals surface area contributed by atoms with E-state index in [0.717, 1.165) is 55.9 Å². The second kappa shape index (κ2) is 12.2. The molecule has 1 fully saturated rings. The van der Waals surface area contributed by atoms with Crippen LogP contribution in [0, 0.1) is 11.6 Å². The largest absolute Gasteiger partial charge is 0.491 e. The molecule has 0 unspecified atom stereocenters. The lowest BCUT2D eigenvalue weighted by molar-refractivity contribution is 0.0342. The lowest BCUT2D eigenvalue weighted by Gasteiger charge is -2.26. The Hall–Kier alpha value is -4.10. The fourth-order valence-corrected chi connectivity index (χ4v) is 4.19. The van der Waals surface area contributed by atoms with Gasteiger partial charge in [-0.15, -0.1) is 0 Å². The van der Waals surface area contributed by atoms with E-state index < -0.39 is 18.8 Å². The Morgan fingerprint density at radius 3 is 2.23 bits per heavy atom. The van der Waals surface area contributed by atoms with E-state index in [-0.39, 0.29) is 5.46 Å². The molecule has 0 saturated carbocycles. The molecule has 0 spiro atoms. The molecule has 1 aliphatic rings. The third kappa shape index (κ3) is 6.32. The van der Waals surface area contributed by atoms with Gasteiger partial charge in [0.15, 0.2) is 11.5 Å². The number of rotatable bonds is 5. The highest BCUT2D eigenvalue weighted by molar-refractivity contribution is 6.58. The Kier molecular flexibility index (Phi) is 8.28. The number of hydrogen-bond acceptors (Lipinski definition) is 8. The maximum absolute atomic E-state index is 14.1. The summed E-state index contributed by atoms with van der Waals surface area (Å²) >= 11 is 0. The fourth-order valence-electron chi connectivity index (χ4n) is 4.19. The van der Waals surface area contributed by atoms with Gasteiger partial charge in [0.1, 0.15) is 5.82 Å². The molecule has 1 saturated heterocycles. The third-order valence-corrected chi connectivity index (χ3v) is 6.25. The number of fused-ring (bicyclic) bond motifs is 1. The molecule has 0 atom stereocenters. The number of morpholine rings is 1. The summed E-state index contributed by atoms with van der Waals surface area (Å²) < 4.78 is 33.7. The minimum Gasteiger partial charge on any atom is -0.423 e. The predicted molar refractivity (Wildman–Crippen MR) is 142 cm³/mol. The molecule has 5 aromatic rings. The molecule has 0 amide bonds. The Morgan fingerprint density at radius 2 is 1.56 bits per heavy atom. The lowest BCUT2D eigenvalue weighted by Crippen LogP contribution is -2.35. The molecule has 5 heterocycles. The monoisotopic (exact) mass is 530 g/mol. The van der Waals surface area contributed by atoms with Crippen LogP contribution in [0.25, 0.3) is 28.2 Å². The average molecular weight is 530 g/mol. The third-order valence-electron chi connectivity index (χ3n) is 6.25. The summed E-state index contributed by atoms with van der Waals surface area (Å²) in [7, 11) is -1.76. The summed E-state index contributed by atoms with van der Waals surface area (Å²) in [5, 5.41) is 21.6. The molecule has 9 nitrogen and oxygen atoms in total. The molecule has 0 bridgehead atoms. The zero-order chi connectivity index (χ0) is 27.2. The summed E-state index contributed by atoms with van der Waals surface area (Å²) in [5.74, 6) is -1.11. The van der Waals surface area contributed by atoms with E-state index in [2.05, 4.69) is 49.2 Å². The minimum atomic E-state index is -1.76. The van der Waals surface area contributed by atoms with Gasteiger partial charge in [-0.25, -0.2) is 18.3 Å². The molecule has 0 radical (unpaired) electrons. The van der Waals surface area contributed by atoms with Gasteiger partial charge in [0.2, 0.25) is 0 Å². The number of benzene rings is 1. The SMILES string of the molecule is Fc1cnccc1-c1ccc2ncc(-c3ccc(CN4CCOCC4)cc3)n2n1.OB(O)c1ccncc1F. The van der Waals surface area contributed by atoms with Crippen LogP contribution in [0.5, 0.6) is 0 Å². The molecule has 0 aliphatic carbocycles. The van der Waals surface area contributed by atoms with Crippen molar-refractivity contribution in [3.63, 3.8) is 0 Å². The highest BCUT2D eigenvalue weighted by atomic mass is 19.1. The molecule has 1 aliphatic heterocycles. The topological polar surface area (TPSA) is 109 Å². The number of pyridine rings is 2. The van der Waals surface area contributed by atoms with E-state index in [9.17, 15) is 8.78 Å². The van der Waals surface area contributed by atoms with Gasteiger partial charge in [0.05, 0.1) is 43.2 Å². The second-order valence-corrected chi connectivity index (χ2v) is 8.84. The number of ether oxygens (including phenoxy) is 1. The number of halogens is 2. The van der Waals surface area contributed by atoms with Gasteiger partial charge in [-0.3, -0.25) is 14.9 Å². The van der Waals surface area contributed by atoms with Crippen LogP contribution in [0.1, 0.15) is 5.56 Å². The Bertz CT molecular complexity index is 1540. The van der Waals surface area contributed by atoms with Gasteiger partial charge >= 0.3 is 7.12 Å². The second-order valence-electron chi connectivity index (χ2n) is 8.84. The van der Waals surface area contributed by atoms with Gasteiger partial charge in [-0.2, -0.15) is 5.10 Å². The van der Waals surface area contributed by atoms with Crippen LogP contribution in [0.15, 0.2) is 79.5 Å². The van der Waals surface area contributed by atoms with Crippen LogP contribution in [-0.2, 0) is 11.3 Å². The Labute approximate surface area is 223 Å². The molecule has 198 valence electrons. The number of nitrogens with zero attached hydrogens (tertiary/aromatic N) is 6. The first-order valence-electron chi connectivity index (χ1n) is 12.3. The predicted octanol–water partition coefficient (Wildman–Crippen LogP) is 2.33. The normalized spacial score (nSPS) is 13.6. The van der Waals surface area contributed by atoms with Crippen LogP contribution in [0.4, 0.5) is 8.78 Å². The van der Waals surface area contributed by atoms with Crippen molar-refractivity contribution in [2.75, 3.05) is 26.3 Å². The maximum atomic E-state index is 14.1. The molecular formula is C27H25BF2N6O3. The Balaban J connectivity index is 0.000000261. The number of imidazole rings is 1. The summed E-state index contributed by atoms with van der Waals surface area (Å²) in [6.07, 6.45) is 6.77. The van der Waals surface area contributed by atoms with Crippen LogP contribution in [0.2, 0.25) is 0 Å². The van der Waals surface area contributed by atoms with Gasteiger partial charge in [-0.1, -0.05) is 24.3 Å². The molecule has 6 rings (SSSR count). The molecule has 1 aromatic carbocycles. The molecule has 12 heteroatoms. The zero-order valence-electron chi connectivity index (χ0n) is 20.9. The summed E-state index contributed by atoms with van der Waals surface area (Å²) in [6, 6.07) is 14.9. The van der Waals surface area contributed by atoms with E-state index >= 15 is 0 Å². The minimum absolute atomic E-state index is 0.157. The van der Waals surface area contributed by atoms with E-state index in [0.29, 0.717) is 11.3 Å². The van der Waals surface area contributed by atoms with E-state index in [4.69, 9.17) is 14.8 Å². The van der Waals surface area contributed by atoms with Crippen molar-refractivity contribution in [1.29, 1.82) is 0 Å². The van der Waals surface area contributed by atoms with E-state index in [1.165, 1.54) is 24.0 Å². The van der Waals surface area contributed by atoms with Gasteiger partial charge in [0, 0.05) is 48.6 Å². The van der Waals surface area contributed by atoms with Gasteiger partial charge < -0.3 is 14.8 Å². The average Bonchev–Trinajstić information content (AvgIpc) is 3.38. The smallest absolute Gasteiger partial charge is 0.423 e. The highest BCUT2D eigenvalue weighted by Gasteiger charge is 2.15. The summed E-state index contributed by atoms with van der Waals surface area (Å²) in [6.45, 7) is 4.44. The van der Waals surface area contributed by atoms with Crippen molar-refractivity contribution in [1.82, 2.24) is 29.5 Å². The highest BCUT2D eigenvalue weighted by Crippen LogP contribution is 2.24. The molecular weight excluding hydrogens is 505 g/mol. The molecule has 4 aromatic heterocycles. The van der Waals surface area contributed by atoms with Crippen LogP contribution >= 0.6 is 0 Å². The molecule has 39 heavy (non-hydrogen) atoms. The van der Waals surface area contributed by atoms with E-state index in [1.54, 1.807) is 29.0 Å². The van der Waals surface area contributed by atoms with Crippen molar-refractivity contribution in [2.24, 2.45) is 0 Å². The van der Waals surface area contributed by atoms with Gasteiger partial charge in [0.25, 0.3) is 0 Å². The van der Waals surface area contributed by atoms with Crippen molar-refractivity contribution in [3.8, 4) is 22.5 Å².